The van der Waals surface area contributed by atoms with Crippen LogP contribution in [-0.4, -0.2) is 153 Å². The predicted octanol–water partition coefficient (Wildman–Crippen LogP) is -6.48. The maximum absolute atomic E-state index is 13.4. The molecular weight excluding hydrogens is 724 g/mol. The van der Waals surface area contributed by atoms with Gasteiger partial charge in [0.15, 0.2) is 0 Å². The summed E-state index contributed by atoms with van der Waals surface area (Å²) < 4.78 is 0. The number of carbonyl (C=O) groups excluding carboxylic acids is 9. The van der Waals surface area contributed by atoms with Crippen LogP contribution >= 0.6 is 12.6 Å². The van der Waals surface area contributed by atoms with Crippen LogP contribution < -0.4 is 43.8 Å². The molecule has 0 radical (unpaired) electrons. The third-order valence-corrected chi connectivity index (χ3v) is 8.91. The number of likely N-dealkylation sites (tertiary alicyclic amines) is 2. The Bertz CT molecular complexity index is 1430. The Labute approximate surface area is 309 Å². The first-order valence-corrected chi connectivity index (χ1v) is 17.4. The van der Waals surface area contributed by atoms with Gasteiger partial charge in [0.1, 0.15) is 36.3 Å². The summed E-state index contributed by atoms with van der Waals surface area (Å²) in [7, 11) is 0. The molecule has 2 saturated heterocycles. The van der Waals surface area contributed by atoms with E-state index >= 15 is 0 Å². The van der Waals surface area contributed by atoms with E-state index in [0.717, 1.165) is 0 Å². The SMILES string of the molecule is C[C@@H](O)[C@H](N)C(=O)NCC(=O)N1CCC[C@H]1C(=O)NCC(=O)N1CCC[C@H]1C(=O)N[C@@H](CC(N)=O)C(=O)N[C@@H](CCC(N)=O)C(=O)N[C@@H](CS)C(=O)O. The zero-order valence-corrected chi connectivity index (χ0v) is 30.0. The van der Waals surface area contributed by atoms with E-state index < -0.39 is 127 Å². The Kier molecular flexibility index (Phi) is 17.4. The second-order valence-electron chi connectivity index (χ2n) is 12.6. The van der Waals surface area contributed by atoms with E-state index in [2.05, 4.69) is 39.2 Å². The molecule has 0 unspecified atom stereocenters. The number of carboxylic acids is 1. The number of nitrogens with one attached hydrogen (secondary N) is 5. The summed E-state index contributed by atoms with van der Waals surface area (Å²) in [5.74, 6) is -9.15. The molecule has 2 aliphatic rings. The molecule has 9 amide bonds. The van der Waals surface area contributed by atoms with Crippen molar-refractivity contribution in [3.05, 3.63) is 0 Å². The molecule has 0 aromatic carbocycles. The van der Waals surface area contributed by atoms with Gasteiger partial charge >= 0.3 is 5.97 Å². The molecule has 13 N–H and O–H groups in total. The largest absolute Gasteiger partial charge is 0.480 e. The number of rotatable bonds is 20. The molecule has 0 aliphatic carbocycles. The second-order valence-corrected chi connectivity index (χ2v) is 12.9. The van der Waals surface area contributed by atoms with Gasteiger partial charge in [-0.1, -0.05) is 0 Å². The monoisotopic (exact) mass is 772 g/mol. The van der Waals surface area contributed by atoms with Gasteiger partial charge in [-0.15, -0.1) is 0 Å². The van der Waals surface area contributed by atoms with Crippen LogP contribution in [0.4, 0.5) is 0 Å². The number of nitrogens with zero attached hydrogens (tertiary/aromatic N) is 2. The highest BCUT2D eigenvalue weighted by Crippen LogP contribution is 2.19. The fraction of sp³-hybridized carbons (Fsp3) is 0.667. The zero-order valence-electron chi connectivity index (χ0n) is 29.1. The summed E-state index contributed by atoms with van der Waals surface area (Å²) in [5, 5.41) is 30.3. The van der Waals surface area contributed by atoms with Gasteiger partial charge in [0.05, 0.1) is 25.6 Å². The first-order valence-electron chi connectivity index (χ1n) is 16.8. The minimum Gasteiger partial charge on any atom is -0.480 e. The van der Waals surface area contributed by atoms with Gasteiger partial charge in [0.2, 0.25) is 53.2 Å². The number of hydrogen-bond donors (Lipinski definition) is 11. The molecule has 2 fully saturated rings. The van der Waals surface area contributed by atoms with E-state index in [1.807, 2.05) is 0 Å². The molecule has 0 saturated carbocycles. The molecule has 23 heteroatoms. The summed E-state index contributed by atoms with van der Waals surface area (Å²) in [6.07, 6.45) is -1.37. The molecule has 0 aromatic rings. The lowest BCUT2D eigenvalue weighted by atomic mass is 10.1. The normalized spacial score (nSPS) is 19.5. The number of amides is 9. The number of aliphatic hydroxyl groups is 1. The maximum atomic E-state index is 13.4. The predicted molar refractivity (Wildman–Crippen MR) is 185 cm³/mol. The highest BCUT2D eigenvalue weighted by Gasteiger charge is 2.39. The number of aliphatic carboxylic acids is 1. The topological polar surface area (TPSA) is 356 Å². The Balaban J connectivity index is 2.05. The van der Waals surface area contributed by atoms with Crippen LogP contribution in [0, 0.1) is 0 Å². The smallest absolute Gasteiger partial charge is 0.327 e. The van der Waals surface area contributed by atoms with Crippen molar-refractivity contribution in [2.24, 2.45) is 17.2 Å². The lowest BCUT2D eigenvalue weighted by Crippen LogP contribution is -2.58. The van der Waals surface area contributed by atoms with Gasteiger partial charge < -0.3 is 63.8 Å². The lowest BCUT2D eigenvalue weighted by Gasteiger charge is -2.28. The molecule has 2 rings (SSSR count). The van der Waals surface area contributed by atoms with Crippen molar-refractivity contribution in [3.8, 4) is 0 Å². The molecular formula is C30H48N10O12S. The van der Waals surface area contributed by atoms with E-state index in [4.69, 9.17) is 17.2 Å². The van der Waals surface area contributed by atoms with E-state index in [9.17, 15) is 58.2 Å². The quantitative estimate of drug-likeness (QED) is 0.0514. The fourth-order valence-corrected chi connectivity index (χ4v) is 5.87. The van der Waals surface area contributed by atoms with Gasteiger partial charge in [-0.3, -0.25) is 43.2 Å². The maximum Gasteiger partial charge on any atom is 0.327 e. The summed E-state index contributed by atoms with van der Waals surface area (Å²) in [4.78, 5) is 127. The molecule has 2 heterocycles. The molecule has 0 bridgehead atoms. The van der Waals surface area contributed by atoms with Crippen molar-refractivity contribution in [1.29, 1.82) is 0 Å². The second kappa shape index (κ2) is 20.9. The third kappa shape index (κ3) is 13.5. The van der Waals surface area contributed by atoms with E-state index in [0.29, 0.717) is 12.8 Å². The highest BCUT2D eigenvalue weighted by atomic mass is 32.1. The summed E-state index contributed by atoms with van der Waals surface area (Å²) in [6.45, 7) is 0.616. The molecule has 53 heavy (non-hydrogen) atoms. The number of carboxylic acid groups (broad SMARTS) is 1. The molecule has 2 aliphatic heterocycles. The average molecular weight is 773 g/mol. The van der Waals surface area contributed by atoms with E-state index in [1.165, 1.54) is 16.7 Å². The Hall–Kier alpha value is -5.03. The zero-order chi connectivity index (χ0) is 40.0. The minimum atomic E-state index is -1.65. The lowest BCUT2D eigenvalue weighted by molar-refractivity contribution is -0.142. The molecule has 7 atom stereocenters. The average Bonchev–Trinajstić information content (AvgIpc) is 3.79. The van der Waals surface area contributed by atoms with Crippen LogP contribution in [0.25, 0.3) is 0 Å². The van der Waals surface area contributed by atoms with Crippen LogP contribution in [0.3, 0.4) is 0 Å². The van der Waals surface area contributed by atoms with Gasteiger partial charge in [0.25, 0.3) is 0 Å². The summed E-state index contributed by atoms with van der Waals surface area (Å²) >= 11 is 3.86. The van der Waals surface area contributed by atoms with Crippen LogP contribution in [0.5, 0.6) is 0 Å². The van der Waals surface area contributed by atoms with Gasteiger partial charge in [0, 0.05) is 25.3 Å². The third-order valence-electron chi connectivity index (χ3n) is 8.55. The molecule has 0 spiro atoms. The van der Waals surface area contributed by atoms with Crippen molar-refractivity contribution in [2.75, 3.05) is 31.9 Å². The number of nitrogens with two attached hydrogens (primary N) is 3. The van der Waals surface area contributed by atoms with Crippen molar-refractivity contribution in [2.45, 2.75) is 94.2 Å². The molecule has 22 nitrogen and oxygen atoms in total. The van der Waals surface area contributed by atoms with Crippen molar-refractivity contribution < 1.29 is 58.2 Å². The Morgan fingerprint density at radius 2 is 1.25 bits per heavy atom. The van der Waals surface area contributed by atoms with Crippen LogP contribution in [0.2, 0.25) is 0 Å². The van der Waals surface area contributed by atoms with Crippen molar-refractivity contribution >= 4 is 71.8 Å². The van der Waals surface area contributed by atoms with Gasteiger partial charge in [-0.05, 0) is 39.0 Å². The van der Waals surface area contributed by atoms with Crippen molar-refractivity contribution in [3.63, 3.8) is 0 Å². The number of hydrogen-bond acceptors (Lipinski definition) is 13. The summed E-state index contributed by atoms with van der Waals surface area (Å²) in [5.41, 5.74) is 16.0. The van der Waals surface area contributed by atoms with Crippen LogP contribution in [0.1, 0.15) is 51.9 Å². The van der Waals surface area contributed by atoms with Crippen LogP contribution in [0.15, 0.2) is 0 Å². The number of aliphatic hydroxyl groups excluding tert-OH is 1. The van der Waals surface area contributed by atoms with E-state index in [-0.39, 0.29) is 38.1 Å². The molecule has 296 valence electrons. The summed E-state index contributed by atoms with van der Waals surface area (Å²) in [6, 6.07) is -7.95. The highest BCUT2D eigenvalue weighted by molar-refractivity contribution is 7.80. The van der Waals surface area contributed by atoms with E-state index in [1.54, 1.807) is 0 Å². The van der Waals surface area contributed by atoms with Crippen molar-refractivity contribution in [1.82, 2.24) is 36.4 Å². The number of thiol groups is 1. The van der Waals surface area contributed by atoms with Gasteiger partial charge in [-0.2, -0.15) is 12.6 Å². The Morgan fingerprint density at radius 1 is 0.736 bits per heavy atom. The number of primary amides is 2. The first kappa shape index (κ1) is 44.1. The minimum absolute atomic E-state index is 0.104. The van der Waals surface area contributed by atoms with Gasteiger partial charge in [-0.25, -0.2) is 4.79 Å². The standard InChI is InChI=1S/C30H48N10O12S/c1-14(41)24(33)29(50)35-12-23(45)39-8-2-4-18(39)27(48)34-11-22(44)40-9-3-5-19(40)28(49)37-16(10-21(32)43)26(47)36-15(6-7-20(31)42)25(46)38-17(13-53)30(51)52/h14-19,24,41,53H,2-13,33H2,1H3,(H2,31,42)(H2,32,43)(H,34,48)(H,35,50)(H,36,47)(H,37,49)(H,38,46)(H,51,52)/t14-,15+,16+,17+,18+,19+,24+/m1/s1. The van der Waals surface area contributed by atoms with Crippen LogP contribution in [-0.2, 0) is 47.9 Å². The fourth-order valence-electron chi connectivity index (χ4n) is 5.62. The molecule has 0 aromatic heterocycles. The first-order chi connectivity index (χ1) is 24.9. The Morgan fingerprint density at radius 3 is 1.74 bits per heavy atom. The number of carbonyl (C=O) groups is 10.